The molecule has 2 aromatic rings. The molecule has 112 valence electrons. The lowest BCUT2D eigenvalue weighted by Gasteiger charge is -2.29. The van der Waals surface area contributed by atoms with Crippen LogP contribution in [0, 0.1) is 0 Å². The molecule has 3 rings (SSSR count). The number of piperidine rings is 1. The first-order valence-electron chi connectivity index (χ1n) is 6.85. The van der Waals surface area contributed by atoms with Crippen molar-refractivity contribution in [3.63, 3.8) is 0 Å². The third-order valence-corrected chi connectivity index (χ3v) is 6.16. The van der Waals surface area contributed by atoms with Gasteiger partial charge in [-0.05, 0) is 25.0 Å². The third kappa shape index (κ3) is 2.66. The molecule has 0 spiro atoms. The van der Waals surface area contributed by atoms with Gasteiger partial charge in [-0.2, -0.15) is 4.31 Å². The number of hydrogen-bond donors (Lipinski definition) is 1. The van der Waals surface area contributed by atoms with Crippen LogP contribution in [0.4, 0.5) is 0 Å². The van der Waals surface area contributed by atoms with Crippen LogP contribution in [0.5, 0.6) is 0 Å². The Balaban J connectivity index is 2.09. The molecule has 0 saturated carbocycles. The number of halogens is 1. The van der Waals surface area contributed by atoms with Crippen LogP contribution in [0.3, 0.4) is 0 Å². The molecule has 1 aliphatic rings. The molecular weight excluding hydrogens is 310 g/mol. The fourth-order valence-electron chi connectivity index (χ4n) is 2.68. The first-order valence-corrected chi connectivity index (χ1v) is 8.67. The zero-order chi connectivity index (χ0) is 15.0. The van der Waals surface area contributed by atoms with Crippen molar-refractivity contribution in [2.45, 2.75) is 23.8 Å². The number of nitrogens with zero attached hydrogens (tertiary/aromatic N) is 1. The van der Waals surface area contributed by atoms with Crippen molar-refractivity contribution in [2.24, 2.45) is 0 Å². The van der Waals surface area contributed by atoms with Gasteiger partial charge in [0.2, 0.25) is 10.0 Å². The molecule has 4 nitrogen and oxygen atoms in total. The largest absolute Gasteiger partial charge is 0.393 e. The highest BCUT2D eigenvalue weighted by molar-refractivity contribution is 7.89. The molecule has 0 radical (unpaired) electrons. The van der Waals surface area contributed by atoms with Crippen LogP contribution >= 0.6 is 11.6 Å². The van der Waals surface area contributed by atoms with Crippen molar-refractivity contribution in [3.8, 4) is 0 Å². The molecule has 0 unspecified atom stereocenters. The highest BCUT2D eigenvalue weighted by atomic mass is 35.5. The number of benzene rings is 2. The molecule has 1 N–H and O–H groups in total. The van der Waals surface area contributed by atoms with Crippen LogP contribution in [-0.2, 0) is 10.0 Å². The Morgan fingerprint density at radius 2 is 1.67 bits per heavy atom. The number of fused-ring (bicyclic) bond motifs is 1. The molecule has 1 fully saturated rings. The molecule has 1 heterocycles. The maximum absolute atomic E-state index is 12.8. The number of aliphatic hydroxyl groups is 1. The van der Waals surface area contributed by atoms with E-state index in [9.17, 15) is 13.5 Å². The summed E-state index contributed by atoms with van der Waals surface area (Å²) < 4.78 is 27.1. The number of aliphatic hydroxyl groups excluding tert-OH is 1. The van der Waals surface area contributed by atoms with E-state index in [-0.39, 0.29) is 4.90 Å². The summed E-state index contributed by atoms with van der Waals surface area (Å²) in [7, 11) is -3.57. The summed E-state index contributed by atoms with van der Waals surface area (Å²) in [6.45, 7) is 0.695. The van der Waals surface area contributed by atoms with Gasteiger partial charge in [0.15, 0.2) is 0 Å². The van der Waals surface area contributed by atoms with Gasteiger partial charge in [0.25, 0.3) is 0 Å². The SMILES string of the molecule is O=S(=O)(c1ccc(Cl)c2ccccc12)N1CCC(O)CC1. The average Bonchev–Trinajstić information content (AvgIpc) is 2.48. The molecule has 0 amide bonds. The van der Waals surface area contributed by atoms with E-state index in [1.54, 1.807) is 24.3 Å². The second-order valence-corrected chi connectivity index (χ2v) is 7.54. The Bertz CT molecular complexity index is 768. The lowest BCUT2D eigenvalue weighted by Crippen LogP contribution is -2.40. The minimum Gasteiger partial charge on any atom is -0.393 e. The molecule has 2 aromatic carbocycles. The zero-order valence-corrected chi connectivity index (χ0v) is 12.9. The van der Waals surface area contributed by atoms with E-state index in [2.05, 4.69) is 0 Å². The van der Waals surface area contributed by atoms with Crippen LogP contribution in [0.2, 0.25) is 5.02 Å². The Kier molecular flexibility index (Phi) is 3.92. The summed E-state index contributed by atoms with van der Waals surface area (Å²) in [4.78, 5) is 0.277. The average molecular weight is 326 g/mol. The Morgan fingerprint density at radius 3 is 2.33 bits per heavy atom. The molecule has 0 aromatic heterocycles. The maximum atomic E-state index is 12.8. The van der Waals surface area contributed by atoms with Gasteiger partial charge in [0, 0.05) is 28.9 Å². The van der Waals surface area contributed by atoms with Crippen molar-refractivity contribution in [2.75, 3.05) is 13.1 Å². The van der Waals surface area contributed by atoms with Gasteiger partial charge in [0.1, 0.15) is 0 Å². The van der Waals surface area contributed by atoms with Gasteiger partial charge in [-0.15, -0.1) is 0 Å². The van der Waals surface area contributed by atoms with Crippen molar-refractivity contribution < 1.29 is 13.5 Å². The predicted octanol–water partition coefficient (Wildman–Crippen LogP) is 2.64. The quantitative estimate of drug-likeness (QED) is 0.923. The normalized spacial score (nSPS) is 18.2. The Labute approximate surface area is 129 Å². The van der Waals surface area contributed by atoms with Crippen molar-refractivity contribution in [3.05, 3.63) is 41.4 Å². The highest BCUT2D eigenvalue weighted by Gasteiger charge is 2.30. The maximum Gasteiger partial charge on any atom is 0.243 e. The third-order valence-electron chi connectivity index (χ3n) is 3.87. The van der Waals surface area contributed by atoms with E-state index in [1.807, 2.05) is 12.1 Å². The van der Waals surface area contributed by atoms with Crippen LogP contribution in [0.25, 0.3) is 10.8 Å². The second kappa shape index (κ2) is 5.57. The smallest absolute Gasteiger partial charge is 0.243 e. The summed E-state index contributed by atoms with van der Waals surface area (Å²) in [5, 5.41) is 11.4. The van der Waals surface area contributed by atoms with Gasteiger partial charge < -0.3 is 5.11 Å². The van der Waals surface area contributed by atoms with Crippen molar-refractivity contribution in [1.82, 2.24) is 4.31 Å². The van der Waals surface area contributed by atoms with E-state index in [1.165, 1.54) is 4.31 Å². The van der Waals surface area contributed by atoms with E-state index in [4.69, 9.17) is 11.6 Å². The monoisotopic (exact) mass is 325 g/mol. The molecular formula is C15H16ClNO3S. The number of hydrogen-bond acceptors (Lipinski definition) is 3. The van der Waals surface area contributed by atoms with E-state index in [0.29, 0.717) is 36.3 Å². The molecule has 0 bridgehead atoms. The topological polar surface area (TPSA) is 57.6 Å². The molecule has 1 aliphatic heterocycles. The molecule has 1 saturated heterocycles. The van der Waals surface area contributed by atoms with Crippen LogP contribution < -0.4 is 0 Å². The Hall–Kier alpha value is -1.14. The van der Waals surface area contributed by atoms with Crippen molar-refractivity contribution >= 4 is 32.4 Å². The van der Waals surface area contributed by atoms with E-state index >= 15 is 0 Å². The van der Waals surface area contributed by atoms with E-state index in [0.717, 1.165) is 5.39 Å². The molecule has 0 atom stereocenters. The second-order valence-electron chi connectivity index (χ2n) is 5.23. The van der Waals surface area contributed by atoms with Gasteiger partial charge in [-0.25, -0.2) is 8.42 Å². The van der Waals surface area contributed by atoms with Crippen LogP contribution in [0.1, 0.15) is 12.8 Å². The standard InChI is InChI=1S/C15H16ClNO3S/c16-14-5-6-15(13-4-2-1-3-12(13)14)21(19,20)17-9-7-11(18)8-10-17/h1-6,11,18H,7-10H2. The van der Waals surface area contributed by atoms with Gasteiger partial charge >= 0.3 is 0 Å². The summed E-state index contributed by atoms with van der Waals surface area (Å²) in [6.07, 6.45) is 0.550. The lowest BCUT2D eigenvalue weighted by atomic mass is 10.1. The first-order chi connectivity index (χ1) is 10.00. The minimum atomic E-state index is -3.57. The van der Waals surface area contributed by atoms with Crippen LogP contribution in [0.15, 0.2) is 41.3 Å². The Morgan fingerprint density at radius 1 is 1.05 bits per heavy atom. The van der Waals surface area contributed by atoms with E-state index < -0.39 is 16.1 Å². The van der Waals surface area contributed by atoms with Gasteiger partial charge in [-0.3, -0.25) is 0 Å². The van der Waals surface area contributed by atoms with Gasteiger partial charge in [0.05, 0.1) is 11.0 Å². The minimum absolute atomic E-state index is 0.277. The molecule has 6 heteroatoms. The first kappa shape index (κ1) is 14.8. The summed E-state index contributed by atoms with van der Waals surface area (Å²) >= 11 is 6.14. The summed E-state index contributed by atoms with van der Waals surface area (Å²) in [5.74, 6) is 0. The van der Waals surface area contributed by atoms with Crippen molar-refractivity contribution in [1.29, 1.82) is 0 Å². The molecule has 21 heavy (non-hydrogen) atoms. The summed E-state index contributed by atoms with van der Waals surface area (Å²) in [6, 6.07) is 10.4. The fraction of sp³-hybridized carbons (Fsp3) is 0.333. The highest BCUT2D eigenvalue weighted by Crippen LogP contribution is 2.31. The number of rotatable bonds is 2. The van der Waals surface area contributed by atoms with Crippen LogP contribution in [-0.4, -0.2) is 37.0 Å². The summed E-state index contributed by atoms with van der Waals surface area (Å²) in [5.41, 5.74) is 0. The number of sulfonamides is 1. The predicted molar refractivity (Wildman–Crippen MR) is 83.0 cm³/mol. The molecule has 0 aliphatic carbocycles. The fourth-order valence-corrected chi connectivity index (χ4v) is 4.57. The van der Waals surface area contributed by atoms with Gasteiger partial charge in [-0.1, -0.05) is 35.9 Å². The lowest BCUT2D eigenvalue weighted by molar-refractivity contribution is 0.113. The zero-order valence-electron chi connectivity index (χ0n) is 11.4.